The first-order valence-corrected chi connectivity index (χ1v) is 6.83. The van der Waals surface area contributed by atoms with Gasteiger partial charge >= 0.3 is 0 Å². The molecule has 20 heavy (non-hydrogen) atoms. The molecule has 1 N–H and O–H groups in total. The van der Waals surface area contributed by atoms with Crippen molar-refractivity contribution in [3.05, 3.63) is 54.4 Å². The number of carbonyl (C=O) groups excluding carboxylic acids is 1. The van der Waals surface area contributed by atoms with E-state index in [0.717, 1.165) is 17.9 Å². The molecule has 0 bridgehead atoms. The van der Waals surface area contributed by atoms with Gasteiger partial charge in [-0.3, -0.25) is 9.78 Å². The Kier molecular flexibility index (Phi) is 4.71. The number of amides is 1. The highest BCUT2D eigenvalue weighted by Crippen LogP contribution is 2.17. The van der Waals surface area contributed by atoms with Crippen LogP contribution in [0.2, 0.25) is 0 Å². The smallest absolute Gasteiger partial charge is 0.276 e. The summed E-state index contributed by atoms with van der Waals surface area (Å²) < 4.78 is 0. The average Bonchev–Trinajstić information content (AvgIpc) is 2.50. The summed E-state index contributed by atoms with van der Waals surface area (Å²) in [6.07, 6.45) is 1.66. The topological polar surface area (TPSA) is 45.2 Å². The Bertz CT molecular complexity index is 569. The summed E-state index contributed by atoms with van der Waals surface area (Å²) in [4.78, 5) is 18.5. The molecule has 2 rings (SSSR count). The quantitative estimate of drug-likeness (QED) is 0.906. The Hall–Kier alpha value is -2.36. The molecule has 4 heteroatoms. The van der Waals surface area contributed by atoms with Crippen LogP contribution in [-0.4, -0.2) is 24.0 Å². The maximum absolute atomic E-state index is 12.6. The van der Waals surface area contributed by atoms with Crippen molar-refractivity contribution in [1.29, 1.82) is 0 Å². The number of pyridine rings is 1. The van der Waals surface area contributed by atoms with Gasteiger partial charge in [0.05, 0.1) is 0 Å². The Balaban J connectivity index is 2.27. The summed E-state index contributed by atoms with van der Waals surface area (Å²) in [5.74, 6) is -0.0848. The molecule has 0 spiro atoms. The summed E-state index contributed by atoms with van der Waals surface area (Å²) in [6, 6.07) is 13.3. The van der Waals surface area contributed by atoms with Crippen LogP contribution in [0.25, 0.3) is 0 Å². The second-order valence-electron chi connectivity index (χ2n) is 4.35. The molecule has 4 nitrogen and oxygen atoms in total. The van der Waals surface area contributed by atoms with Gasteiger partial charge in [0, 0.05) is 30.7 Å². The average molecular weight is 269 g/mol. The van der Waals surface area contributed by atoms with Crippen LogP contribution in [0, 0.1) is 0 Å². The minimum absolute atomic E-state index is 0.0848. The van der Waals surface area contributed by atoms with Crippen LogP contribution in [0.15, 0.2) is 48.7 Å². The van der Waals surface area contributed by atoms with Gasteiger partial charge in [-0.25, -0.2) is 0 Å². The third kappa shape index (κ3) is 3.15. The van der Waals surface area contributed by atoms with Crippen LogP contribution < -0.4 is 10.2 Å². The van der Waals surface area contributed by atoms with E-state index in [1.807, 2.05) is 50.2 Å². The van der Waals surface area contributed by atoms with Gasteiger partial charge in [0.25, 0.3) is 5.91 Å². The first kappa shape index (κ1) is 14.1. The number of nitrogens with one attached hydrogen (secondary N) is 1. The number of hydrogen-bond donors (Lipinski definition) is 1. The second-order valence-corrected chi connectivity index (χ2v) is 4.35. The normalized spacial score (nSPS) is 10.1. The van der Waals surface area contributed by atoms with E-state index in [9.17, 15) is 4.79 Å². The van der Waals surface area contributed by atoms with Crippen LogP contribution in [-0.2, 0) is 0 Å². The van der Waals surface area contributed by atoms with Crippen molar-refractivity contribution in [3.8, 4) is 0 Å². The Labute approximate surface area is 119 Å². The minimum Gasteiger partial charge on any atom is -0.385 e. The molecule has 0 aliphatic rings. The molecule has 0 atom stereocenters. The van der Waals surface area contributed by atoms with E-state index in [0.29, 0.717) is 12.2 Å². The van der Waals surface area contributed by atoms with Crippen molar-refractivity contribution in [3.63, 3.8) is 0 Å². The maximum atomic E-state index is 12.6. The van der Waals surface area contributed by atoms with E-state index in [-0.39, 0.29) is 5.91 Å². The van der Waals surface area contributed by atoms with Gasteiger partial charge in [-0.1, -0.05) is 18.2 Å². The molecule has 0 fully saturated rings. The number of rotatable bonds is 5. The van der Waals surface area contributed by atoms with Gasteiger partial charge in [-0.05, 0) is 38.1 Å². The van der Waals surface area contributed by atoms with Crippen LogP contribution in [0.4, 0.5) is 11.4 Å². The van der Waals surface area contributed by atoms with E-state index in [1.165, 1.54) is 0 Å². The first-order chi connectivity index (χ1) is 9.76. The van der Waals surface area contributed by atoms with Crippen molar-refractivity contribution in [2.24, 2.45) is 0 Å². The van der Waals surface area contributed by atoms with Gasteiger partial charge in [-0.2, -0.15) is 0 Å². The molecule has 0 radical (unpaired) electrons. The predicted octanol–water partition coefficient (Wildman–Crippen LogP) is 3.18. The third-order valence-electron chi connectivity index (χ3n) is 2.99. The van der Waals surface area contributed by atoms with Crippen molar-refractivity contribution in [1.82, 2.24) is 4.98 Å². The van der Waals surface area contributed by atoms with Crippen molar-refractivity contribution in [2.45, 2.75) is 13.8 Å². The summed E-state index contributed by atoms with van der Waals surface area (Å²) in [5.41, 5.74) is 2.25. The number of benzene rings is 1. The molecule has 1 aromatic carbocycles. The highest BCUT2D eigenvalue weighted by atomic mass is 16.2. The zero-order valence-electron chi connectivity index (χ0n) is 11.8. The number of nitrogens with zero attached hydrogens (tertiary/aromatic N) is 2. The second kappa shape index (κ2) is 6.70. The standard InChI is InChI=1S/C16H19N3O/c1-3-17-13-10-11-18-15(12-13)16(20)19(4-2)14-8-6-5-7-9-14/h5-12H,3-4H2,1-2H3,(H,17,18). The van der Waals surface area contributed by atoms with Gasteiger partial charge in [0.2, 0.25) is 0 Å². The van der Waals surface area contributed by atoms with E-state index < -0.39 is 0 Å². The van der Waals surface area contributed by atoms with Gasteiger partial charge < -0.3 is 10.2 Å². The molecule has 2 aromatic rings. The number of anilines is 2. The number of aromatic nitrogens is 1. The fourth-order valence-electron chi connectivity index (χ4n) is 2.05. The predicted molar refractivity (Wildman–Crippen MR) is 82.2 cm³/mol. The highest BCUT2D eigenvalue weighted by Gasteiger charge is 2.17. The molecular weight excluding hydrogens is 250 g/mol. The lowest BCUT2D eigenvalue weighted by molar-refractivity contribution is 0.0983. The number of para-hydroxylation sites is 1. The maximum Gasteiger partial charge on any atom is 0.276 e. The Morgan fingerprint density at radius 3 is 2.60 bits per heavy atom. The van der Waals surface area contributed by atoms with E-state index in [1.54, 1.807) is 17.2 Å². The summed E-state index contributed by atoms with van der Waals surface area (Å²) in [6.45, 7) is 5.40. The fraction of sp³-hybridized carbons (Fsp3) is 0.250. The van der Waals surface area contributed by atoms with Crippen LogP contribution >= 0.6 is 0 Å². The molecule has 0 saturated carbocycles. The molecule has 0 saturated heterocycles. The van der Waals surface area contributed by atoms with E-state index >= 15 is 0 Å². The van der Waals surface area contributed by atoms with Crippen molar-refractivity contribution in [2.75, 3.05) is 23.3 Å². The largest absolute Gasteiger partial charge is 0.385 e. The molecule has 0 unspecified atom stereocenters. The zero-order valence-corrected chi connectivity index (χ0v) is 11.8. The SMILES string of the molecule is CCNc1ccnc(C(=O)N(CC)c2ccccc2)c1. The van der Waals surface area contributed by atoms with Gasteiger partial charge in [0.1, 0.15) is 5.69 Å². The lowest BCUT2D eigenvalue weighted by Crippen LogP contribution is -2.31. The monoisotopic (exact) mass is 269 g/mol. The summed E-state index contributed by atoms with van der Waals surface area (Å²) >= 11 is 0. The van der Waals surface area contributed by atoms with E-state index in [2.05, 4.69) is 10.3 Å². The molecule has 1 heterocycles. The number of carbonyl (C=O) groups is 1. The molecular formula is C16H19N3O. The van der Waals surface area contributed by atoms with Crippen molar-refractivity contribution >= 4 is 17.3 Å². The lowest BCUT2D eigenvalue weighted by atomic mass is 10.2. The van der Waals surface area contributed by atoms with Crippen LogP contribution in [0.5, 0.6) is 0 Å². The molecule has 0 aliphatic heterocycles. The first-order valence-electron chi connectivity index (χ1n) is 6.83. The van der Waals surface area contributed by atoms with Gasteiger partial charge in [0.15, 0.2) is 0 Å². The Morgan fingerprint density at radius 2 is 1.95 bits per heavy atom. The summed E-state index contributed by atoms with van der Waals surface area (Å²) in [7, 11) is 0. The zero-order chi connectivity index (χ0) is 14.4. The fourth-order valence-corrected chi connectivity index (χ4v) is 2.05. The van der Waals surface area contributed by atoms with Gasteiger partial charge in [-0.15, -0.1) is 0 Å². The molecule has 1 amide bonds. The molecule has 104 valence electrons. The van der Waals surface area contributed by atoms with Crippen molar-refractivity contribution < 1.29 is 4.79 Å². The van der Waals surface area contributed by atoms with E-state index in [4.69, 9.17) is 0 Å². The number of hydrogen-bond acceptors (Lipinski definition) is 3. The third-order valence-corrected chi connectivity index (χ3v) is 2.99. The lowest BCUT2D eigenvalue weighted by Gasteiger charge is -2.20. The Morgan fingerprint density at radius 1 is 1.20 bits per heavy atom. The van der Waals surface area contributed by atoms with Crippen LogP contribution in [0.1, 0.15) is 24.3 Å². The minimum atomic E-state index is -0.0848. The van der Waals surface area contributed by atoms with Crippen LogP contribution in [0.3, 0.4) is 0 Å². The highest BCUT2D eigenvalue weighted by molar-refractivity contribution is 6.05. The molecule has 1 aromatic heterocycles. The summed E-state index contributed by atoms with van der Waals surface area (Å²) in [5, 5.41) is 3.19. The molecule has 0 aliphatic carbocycles.